The Bertz CT molecular complexity index is 2590. The molecule has 2 aliphatic rings. The average molecular weight is 854 g/mol. The molecule has 0 spiro atoms. The summed E-state index contributed by atoms with van der Waals surface area (Å²) in [4.78, 5) is 54.9. The molecule has 16 heteroatoms. The lowest BCUT2D eigenvalue weighted by Gasteiger charge is -2.48. The summed E-state index contributed by atoms with van der Waals surface area (Å²) in [6.07, 6.45) is 0.537. The van der Waals surface area contributed by atoms with Crippen molar-refractivity contribution in [3.8, 4) is 34.1 Å². The maximum atomic E-state index is 14.8. The number of carbonyl (C=O) groups excluding carboxylic acids is 4. The highest BCUT2D eigenvalue weighted by Gasteiger charge is 2.58. The molecular formula is C43H42Cl2O14. The van der Waals surface area contributed by atoms with E-state index in [1.807, 2.05) is 0 Å². The molecule has 5 unspecified atom stereocenters. The average Bonchev–Trinajstić information content (AvgIpc) is 3.16. The number of methoxy groups -OCH3 is 2. The highest BCUT2D eigenvalue weighted by atomic mass is 35.5. The van der Waals surface area contributed by atoms with Gasteiger partial charge in [0.25, 0.3) is 0 Å². The molecule has 14 nitrogen and oxygen atoms in total. The number of rotatable bonds is 7. The van der Waals surface area contributed by atoms with E-state index in [0.29, 0.717) is 12.2 Å². The van der Waals surface area contributed by atoms with Gasteiger partial charge in [0.15, 0.2) is 11.6 Å². The molecular weight excluding hydrogens is 811 g/mol. The second kappa shape index (κ2) is 14.9. The number of esters is 2. The number of hydrogen-bond acceptors (Lipinski definition) is 14. The fourth-order valence-electron chi connectivity index (χ4n) is 9.04. The van der Waals surface area contributed by atoms with Gasteiger partial charge in [-0.3, -0.25) is 9.59 Å². The van der Waals surface area contributed by atoms with E-state index in [4.69, 9.17) is 32.7 Å². The standard InChI is InChI=1S/C43H42Cl2O14/c1-15(2)42(56)14-24(50)31-34(37(42)22(48)12-25(51)58-6)32(27-18(44)8-10-20(46)29(27)40(31)54)33-28-19(45)9-11-21(47)30(28)41(55)36-35(33)38(23(49)13-26(52)59-7)43(57,16(3)4)17(5)39(36)53/h8-13,15-17,37-38,46-49,54-57H,14H2,1-7H3/b22-12-,23-13-. The van der Waals surface area contributed by atoms with Crippen molar-refractivity contribution in [1.82, 2.24) is 0 Å². The second-order valence-electron chi connectivity index (χ2n) is 15.6. The van der Waals surface area contributed by atoms with Gasteiger partial charge in [-0.15, -0.1) is 0 Å². The smallest absolute Gasteiger partial charge is 0.333 e. The third-order valence-corrected chi connectivity index (χ3v) is 12.7. The minimum absolute atomic E-state index is 0.251. The molecule has 4 aromatic carbocycles. The molecule has 0 aromatic heterocycles. The number of benzene rings is 4. The zero-order valence-electron chi connectivity index (χ0n) is 32.8. The molecule has 0 heterocycles. The van der Waals surface area contributed by atoms with Crippen LogP contribution in [0.15, 0.2) is 47.9 Å². The van der Waals surface area contributed by atoms with E-state index in [2.05, 4.69) is 0 Å². The Morgan fingerprint density at radius 1 is 0.695 bits per heavy atom. The Balaban J connectivity index is 2.09. The minimum Gasteiger partial charge on any atom is -0.511 e. The second-order valence-corrected chi connectivity index (χ2v) is 16.4. The van der Waals surface area contributed by atoms with Gasteiger partial charge in [0.1, 0.15) is 34.5 Å². The van der Waals surface area contributed by atoms with Gasteiger partial charge in [0.05, 0.1) is 71.3 Å². The number of ether oxygens (including phenoxy) is 2. The third kappa shape index (κ3) is 6.14. The van der Waals surface area contributed by atoms with Crippen LogP contribution < -0.4 is 0 Å². The first-order valence-corrected chi connectivity index (χ1v) is 19.2. The van der Waals surface area contributed by atoms with Crippen molar-refractivity contribution in [2.24, 2.45) is 17.8 Å². The molecule has 312 valence electrons. The van der Waals surface area contributed by atoms with Crippen LogP contribution in [0.25, 0.3) is 32.7 Å². The van der Waals surface area contributed by atoms with E-state index in [-0.39, 0.29) is 31.9 Å². The highest BCUT2D eigenvalue weighted by molar-refractivity contribution is 6.41. The molecule has 0 fully saturated rings. The summed E-state index contributed by atoms with van der Waals surface area (Å²) >= 11 is 14.0. The first-order valence-electron chi connectivity index (χ1n) is 18.4. The Hall–Kier alpha value is -5.54. The normalized spacial score (nSPS) is 23.5. The number of aliphatic hydroxyl groups is 4. The van der Waals surface area contributed by atoms with Crippen LogP contribution in [-0.4, -0.2) is 89.8 Å². The summed E-state index contributed by atoms with van der Waals surface area (Å²) in [5, 5.41) is 94.6. The first kappa shape index (κ1) is 43.0. The number of phenolic OH excluding ortho intramolecular Hbond substituents is 4. The summed E-state index contributed by atoms with van der Waals surface area (Å²) in [6, 6.07) is 4.66. The highest BCUT2D eigenvalue weighted by Crippen LogP contribution is 2.63. The molecule has 2 aliphatic carbocycles. The van der Waals surface area contributed by atoms with E-state index in [1.54, 1.807) is 0 Å². The van der Waals surface area contributed by atoms with Gasteiger partial charge >= 0.3 is 11.9 Å². The van der Waals surface area contributed by atoms with E-state index in [1.165, 1.54) is 46.8 Å². The number of hydrogen-bond donors (Lipinski definition) is 8. The molecule has 0 radical (unpaired) electrons. The van der Waals surface area contributed by atoms with Crippen LogP contribution in [0.2, 0.25) is 10.0 Å². The van der Waals surface area contributed by atoms with Gasteiger partial charge in [-0.1, -0.05) is 57.8 Å². The van der Waals surface area contributed by atoms with Crippen molar-refractivity contribution in [2.75, 3.05) is 14.2 Å². The summed E-state index contributed by atoms with van der Waals surface area (Å²) in [5.41, 5.74) is -7.39. The van der Waals surface area contributed by atoms with Crippen molar-refractivity contribution >= 4 is 68.3 Å². The number of ketones is 2. The van der Waals surface area contributed by atoms with Gasteiger partial charge < -0.3 is 50.3 Å². The van der Waals surface area contributed by atoms with Crippen LogP contribution in [0, 0.1) is 17.8 Å². The fraction of sp³-hybridized carbons (Fsp3) is 0.349. The monoisotopic (exact) mass is 852 g/mol. The number of fused-ring (bicyclic) bond motifs is 4. The van der Waals surface area contributed by atoms with E-state index in [0.717, 1.165) is 26.4 Å². The molecule has 6 rings (SSSR count). The predicted octanol–water partition coefficient (Wildman–Crippen LogP) is 7.38. The zero-order valence-corrected chi connectivity index (χ0v) is 34.4. The van der Waals surface area contributed by atoms with Crippen molar-refractivity contribution in [3.05, 3.63) is 80.2 Å². The molecule has 0 saturated carbocycles. The Morgan fingerprint density at radius 3 is 1.54 bits per heavy atom. The zero-order chi connectivity index (χ0) is 44.0. The predicted molar refractivity (Wildman–Crippen MR) is 217 cm³/mol. The molecule has 5 atom stereocenters. The van der Waals surface area contributed by atoms with Gasteiger partial charge in [-0.05, 0) is 58.4 Å². The van der Waals surface area contributed by atoms with Crippen molar-refractivity contribution < 1.29 is 69.5 Å². The number of phenols is 4. The topological polar surface area (TPSA) is 249 Å². The van der Waals surface area contributed by atoms with Crippen LogP contribution in [-0.2, 0) is 19.1 Å². The SMILES string of the molecule is COC(=O)/C=C(\O)C1c2c(c(O)c3c(O)ccc(Cl)c3c2-c2c3c(c(O)c4c(O)ccc(Cl)c24)C(=O)C(C)C(O)(C(C)C)C3/C(O)=C/C(=O)OC)C(=O)CC1(O)C(C)C. The number of carbonyl (C=O) groups is 4. The number of aliphatic hydroxyl groups excluding tert-OH is 2. The number of halogens is 2. The van der Waals surface area contributed by atoms with Crippen LogP contribution in [0.5, 0.6) is 23.0 Å². The van der Waals surface area contributed by atoms with Crippen molar-refractivity contribution in [1.29, 1.82) is 0 Å². The Labute approximate surface area is 347 Å². The van der Waals surface area contributed by atoms with Gasteiger partial charge in [0, 0.05) is 33.2 Å². The third-order valence-electron chi connectivity index (χ3n) is 12.1. The molecule has 0 saturated heterocycles. The number of aromatic hydroxyl groups is 4. The summed E-state index contributed by atoms with van der Waals surface area (Å²) in [6.45, 7) is 7.46. The number of Topliss-reactive ketones (excluding diaryl/α,β-unsaturated/α-hetero) is 2. The van der Waals surface area contributed by atoms with E-state index in [9.17, 15) is 60.0 Å². The Kier molecular flexibility index (Phi) is 10.9. The molecule has 0 bridgehead atoms. The van der Waals surface area contributed by atoms with Crippen molar-refractivity contribution in [2.45, 2.75) is 64.1 Å². The van der Waals surface area contributed by atoms with Gasteiger partial charge in [-0.25, -0.2) is 9.59 Å². The summed E-state index contributed by atoms with van der Waals surface area (Å²) in [5.74, 6) is -15.8. The van der Waals surface area contributed by atoms with Crippen LogP contribution >= 0.6 is 23.2 Å². The largest absolute Gasteiger partial charge is 0.511 e. The quantitative estimate of drug-likeness (QED) is 0.0514. The van der Waals surface area contributed by atoms with E-state index < -0.39 is 138 Å². The molecule has 0 amide bonds. The first-order chi connectivity index (χ1) is 27.5. The van der Waals surface area contributed by atoms with Crippen LogP contribution in [0.1, 0.15) is 84.7 Å². The fourth-order valence-corrected chi connectivity index (χ4v) is 9.55. The summed E-state index contributed by atoms with van der Waals surface area (Å²) < 4.78 is 9.57. The summed E-state index contributed by atoms with van der Waals surface area (Å²) in [7, 11) is 2.05. The molecule has 8 N–H and O–H groups in total. The van der Waals surface area contributed by atoms with Gasteiger partial charge in [-0.2, -0.15) is 0 Å². The van der Waals surface area contributed by atoms with Crippen molar-refractivity contribution in [3.63, 3.8) is 0 Å². The molecule has 0 aliphatic heterocycles. The maximum absolute atomic E-state index is 14.8. The van der Waals surface area contributed by atoms with E-state index >= 15 is 0 Å². The molecule has 59 heavy (non-hydrogen) atoms. The molecule has 4 aromatic rings. The van der Waals surface area contributed by atoms with Crippen LogP contribution in [0.3, 0.4) is 0 Å². The minimum atomic E-state index is -2.32. The lowest BCUT2D eigenvalue weighted by atomic mass is 9.57. The maximum Gasteiger partial charge on any atom is 0.333 e. The van der Waals surface area contributed by atoms with Gasteiger partial charge in [0.2, 0.25) is 0 Å². The lowest BCUT2D eigenvalue weighted by molar-refractivity contribution is -0.136. The lowest BCUT2D eigenvalue weighted by Crippen LogP contribution is -2.54. The van der Waals surface area contributed by atoms with Crippen LogP contribution in [0.4, 0.5) is 0 Å². The Morgan fingerprint density at radius 2 is 1.12 bits per heavy atom.